The summed E-state index contributed by atoms with van der Waals surface area (Å²) in [6.07, 6.45) is 0. The van der Waals surface area contributed by atoms with Crippen LogP contribution in [0.2, 0.25) is 10.0 Å². The highest BCUT2D eigenvalue weighted by atomic mass is 79.9. The molecular formula is C14H10Br2Cl2. The van der Waals surface area contributed by atoms with Crippen LogP contribution in [0.4, 0.5) is 0 Å². The van der Waals surface area contributed by atoms with Crippen molar-refractivity contribution in [2.45, 2.75) is 11.8 Å². The minimum absolute atomic E-state index is 0.0277. The van der Waals surface area contributed by atoms with E-state index in [1.165, 1.54) is 5.56 Å². The maximum Gasteiger partial charge on any atom is 0.0660 e. The van der Waals surface area contributed by atoms with Gasteiger partial charge in [-0.25, -0.2) is 0 Å². The van der Waals surface area contributed by atoms with Gasteiger partial charge in [-0.3, -0.25) is 0 Å². The molecule has 2 aromatic rings. The fourth-order valence-corrected chi connectivity index (χ4v) is 3.61. The lowest BCUT2D eigenvalue weighted by Crippen LogP contribution is -1.95. The summed E-state index contributed by atoms with van der Waals surface area (Å²) in [6.45, 7) is 2.06. The van der Waals surface area contributed by atoms with Gasteiger partial charge in [0, 0.05) is 14.5 Å². The summed E-state index contributed by atoms with van der Waals surface area (Å²) < 4.78 is 1.06. The first-order chi connectivity index (χ1) is 8.47. The summed E-state index contributed by atoms with van der Waals surface area (Å²) in [5.74, 6) is 0. The summed E-state index contributed by atoms with van der Waals surface area (Å²) in [4.78, 5) is 0.0277. The Bertz CT molecular complexity index is 562. The van der Waals surface area contributed by atoms with Crippen LogP contribution in [0.3, 0.4) is 0 Å². The molecule has 0 fully saturated rings. The van der Waals surface area contributed by atoms with Crippen molar-refractivity contribution >= 4 is 55.1 Å². The standard InChI is InChI=1S/C14H10Br2Cl2/c1-8-4-9(6-10(15)5-8)14(16)12-7-11(17)2-3-13(12)18/h2-7,14H,1H3. The number of halogens is 4. The molecule has 0 aliphatic rings. The first-order valence-corrected chi connectivity index (χ1v) is 7.80. The molecule has 0 heterocycles. The van der Waals surface area contributed by atoms with Gasteiger partial charge < -0.3 is 0 Å². The lowest BCUT2D eigenvalue weighted by molar-refractivity contribution is 1.16. The first kappa shape index (κ1) is 14.4. The van der Waals surface area contributed by atoms with Crippen molar-refractivity contribution in [2.75, 3.05) is 0 Å². The van der Waals surface area contributed by atoms with Crippen LogP contribution in [0.5, 0.6) is 0 Å². The Morgan fingerprint density at radius 1 is 1.06 bits per heavy atom. The third kappa shape index (κ3) is 3.30. The molecule has 0 saturated heterocycles. The Balaban J connectivity index is 2.47. The van der Waals surface area contributed by atoms with E-state index < -0.39 is 0 Å². The number of rotatable bonds is 2. The van der Waals surface area contributed by atoms with Gasteiger partial charge in [-0.1, -0.05) is 61.1 Å². The Morgan fingerprint density at radius 3 is 2.44 bits per heavy atom. The Kier molecular flexibility index (Phi) is 4.76. The molecule has 0 aliphatic heterocycles. The Morgan fingerprint density at radius 2 is 1.78 bits per heavy atom. The normalized spacial score (nSPS) is 12.5. The lowest BCUT2D eigenvalue weighted by Gasteiger charge is -2.14. The fraction of sp³-hybridized carbons (Fsp3) is 0.143. The maximum absolute atomic E-state index is 6.22. The van der Waals surface area contributed by atoms with Crippen LogP contribution in [0, 0.1) is 6.92 Å². The predicted molar refractivity (Wildman–Crippen MR) is 86.1 cm³/mol. The van der Waals surface area contributed by atoms with E-state index in [0.29, 0.717) is 10.0 Å². The largest absolute Gasteiger partial charge is 0.0843 e. The topological polar surface area (TPSA) is 0 Å². The van der Waals surface area contributed by atoms with Crippen molar-refractivity contribution in [3.05, 3.63) is 67.6 Å². The summed E-state index contributed by atoms with van der Waals surface area (Å²) in [6, 6.07) is 11.8. The number of hydrogen-bond donors (Lipinski definition) is 0. The van der Waals surface area contributed by atoms with Crippen molar-refractivity contribution in [3.63, 3.8) is 0 Å². The molecule has 0 amide bonds. The second-order valence-electron chi connectivity index (χ2n) is 4.09. The van der Waals surface area contributed by atoms with E-state index in [1.807, 2.05) is 12.1 Å². The summed E-state index contributed by atoms with van der Waals surface area (Å²) in [5.41, 5.74) is 3.31. The van der Waals surface area contributed by atoms with Crippen molar-refractivity contribution < 1.29 is 0 Å². The van der Waals surface area contributed by atoms with Gasteiger partial charge in [0.2, 0.25) is 0 Å². The second-order valence-corrected chi connectivity index (χ2v) is 6.77. The zero-order chi connectivity index (χ0) is 13.3. The average molecular weight is 409 g/mol. The molecule has 0 aliphatic carbocycles. The molecule has 2 aromatic carbocycles. The molecule has 0 radical (unpaired) electrons. The van der Waals surface area contributed by atoms with Crippen LogP contribution < -0.4 is 0 Å². The van der Waals surface area contributed by atoms with Crippen molar-refractivity contribution in [1.29, 1.82) is 0 Å². The van der Waals surface area contributed by atoms with Gasteiger partial charge in [-0.2, -0.15) is 0 Å². The molecule has 0 spiro atoms. The van der Waals surface area contributed by atoms with E-state index in [-0.39, 0.29) is 4.83 Å². The number of benzene rings is 2. The highest BCUT2D eigenvalue weighted by molar-refractivity contribution is 9.10. The van der Waals surface area contributed by atoms with E-state index in [4.69, 9.17) is 23.2 Å². The number of alkyl halides is 1. The van der Waals surface area contributed by atoms with Gasteiger partial charge in [0.15, 0.2) is 0 Å². The molecule has 4 heteroatoms. The Labute approximate surface area is 134 Å². The minimum atomic E-state index is 0.0277. The monoisotopic (exact) mass is 406 g/mol. The van der Waals surface area contributed by atoms with Crippen molar-refractivity contribution in [2.24, 2.45) is 0 Å². The molecule has 1 unspecified atom stereocenters. The molecule has 0 nitrogen and oxygen atoms in total. The van der Waals surface area contributed by atoms with Gasteiger partial charge in [0.1, 0.15) is 0 Å². The highest BCUT2D eigenvalue weighted by Gasteiger charge is 2.15. The molecule has 18 heavy (non-hydrogen) atoms. The SMILES string of the molecule is Cc1cc(Br)cc(C(Br)c2cc(Cl)ccc2Cl)c1. The van der Waals surface area contributed by atoms with Crippen LogP contribution in [0.1, 0.15) is 21.5 Å². The van der Waals surface area contributed by atoms with Crippen molar-refractivity contribution in [1.82, 2.24) is 0 Å². The van der Waals surface area contributed by atoms with Crippen LogP contribution in [-0.4, -0.2) is 0 Å². The minimum Gasteiger partial charge on any atom is -0.0843 e. The van der Waals surface area contributed by atoms with Crippen LogP contribution in [0.15, 0.2) is 40.9 Å². The molecule has 0 aromatic heterocycles. The lowest BCUT2D eigenvalue weighted by atomic mass is 10.0. The molecule has 0 bridgehead atoms. The van der Waals surface area contributed by atoms with E-state index in [9.17, 15) is 0 Å². The number of hydrogen-bond acceptors (Lipinski definition) is 0. The van der Waals surface area contributed by atoms with Crippen molar-refractivity contribution in [3.8, 4) is 0 Å². The van der Waals surface area contributed by atoms with Gasteiger partial charge in [-0.05, 0) is 53.9 Å². The number of aryl methyl sites for hydroxylation is 1. The molecule has 94 valence electrons. The average Bonchev–Trinajstić information content (AvgIpc) is 2.30. The van der Waals surface area contributed by atoms with Gasteiger partial charge in [-0.15, -0.1) is 0 Å². The smallest absolute Gasteiger partial charge is 0.0660 e. The highest BCUT2D eigenvalue weighted by Crippen LogP contribution is 2.37. The second kappa shape index (κ2) is 5.96. The summed E-state index contributed by atoms with van der Waals surface area (Å²) in [5, 5.41) is 1.39. The van der Waals surface area contributed by atoms with Crippen LogP contribution >= 0.6 is 55.1 Å². The summed E-state index contributed by atoms with van der Waals surface area (Å²) in [7, 11) is 0. The summed E-state index contributed by atoms with van der Waals surface area (Å²) >= 11 is 19.4. The third-order valence-corrected chi connectivity index (χ3v) is 4.65. The molecule has 0 saturated carbocycles. The van der Waals surface area contributed by atoms with E-state index in [1.54, 1.807) is 6.07 Å². The quantitative estimate of drug-likeness (QED) is 0.494. The molecule has 1 atom stereocenters. The molecule has 2 rings (SSSR count). The molecular weight excluding hydrogens is 399 g/mol. The fourth-order valence-electron chi connectivity index (χ4n) is 1.80. The van der Waals surface area contributed by atoms with E-state index in [2.05, 4.69) is 57.0 Å². The van der Waals surface area contributed by atoms with Gasteiger partial charge >= 0.3 is 0 Å². The van der Waals surface area contributed by atoms with Crippen LogP contribution in [0.25, 0.3) is 0 Å². The Hall–Kier alpha value is -0.0200. The van der Waals surface area contributed by atoms with Crippen LogP contribution in [-0.2, 0) is 0 Å². The zero-order valence-electron chi connectivity index (χ0n) is 9.55. The first-order valence-electron chi connectivity index (χ1n) is 5.33. The predicted octanol–water partition coefficient (Wildman–Crippen LogP) is 6.55. The molecule has 0 N–H and O–H groups in total. The van der Waals surface area contributed by atoms with Gasteiger partial charge in [0.05, 0.1) is 4.83 Å². The maximum atomic E-state index is 6.22. The van der Waals surface area contributed by atoms with E-state index >= 15 is 0 Å². The van der Waals surface area contributed by atoms with Gasteiger partial charge in [0.25, 0.3) is 0 Å². The zero-order valence-corrected chi connectivity index (χ0v) is 14.2. The van der Waals surface area contributed by atoms with E-state index in [0.717, 1.165) is 15.6 Å². The third-order valence-electron chi connectivity index (χ3n) is 2.59.